The van der Waals surface area contributed by atoms with Crippen LogP contribution in [0.5, 0.6) is 0 Å². The molecule has 0 aliphatic heterocycles. The molecular formula is C20H18BrN3O. The SMILES string of the molecule is Cc1ccccc1C(C(N)=O)c1cc(-c2ccccc2Br)c(C)nn1. The van der Waals surface area contributed by atoms with Gasteiger partial charge in [0.1, 0.15) is 5.92 Å². The van der Waals surface area contributed by atoms with Gasteiger partial charge >= 0.3 is 0 Å². The topological polar surface area (TPSA) is 68.9 Å². The van der Waals surface area contributed by atoms with Crippen molar-refractivity contribution in [1.82, 2.24) is 10.2 Å². The molecule has 2 aromatic carbocycles. The fraction of sp³-hybridized carbons (Fsp3) is 0.150. The van der Waals surface area contributed by atoms with Crippen LogP contribution in [0, 0.1) is 13.8 Å². The number of aryl methyl sites for hydroxylation is 2. The van der Waals surface area contributed by atoms with Gasteiger partial charge in [0.05, 0.1) is 11.4 Å². The normalized spacial score (nSPS) is 12.0. The number of halogens is 1. The first-order chi connectivity index (χ1) is 12.0. The Morgan fingerprint density at radius 3 is 2.36 bits per heavy atom. The highest BCUT2D eigenvalue weighted by Crippen LogP contribution is 2.33. The second-order valence-corrected chi connectivity index (χ2v) is 6.79. The van der Waals surface area contributed by atoms with E-state index in [9.17, 15) is 4.79 Å². The van der Waals surface area contributed by atoms with Gasteiger partial charge in [0.2, 0.25) is 5.91 Å². The van der Waals surface area contributed by atoms with Gasteiger partial charge in [0, 0.05) is 10.0 Å². The maximum absolute atomic E-state index is 12.2. The maximum Gasteiger partial charge on any atom is 0.231 e. The number of aromatic nitrogens is 2. The lowest BCUT2D eigenvalue weighted by molar-refractivity contribution is -0.118. The van der Waals surface area contributed by atoms with Crippen molar-refractivity contribution in [3.63, 3.8) is 0 Å². The number of nitrogens with zero attached hydrogens (tertiary/aromatic N) is 2. The maximum atomic E-state index is 12.2. The third kappa shape index (κ3) is 3.46. The molecule has 1 heterocycles. The van der Waals surface area contributed by atoms with Crippen LogP contribution in [-0.4, -0.2) is 16.1 Å². The average Bonchev–Trinajstić information content (AvgIpc) is 2.59. The number of amides is 1. The van der Waals surface area contributed by atoms with Crippen molar-refractivity contribution in [2.45, 2.75) is 19.8 Å². The predicted molar refractivity (Wildman–Crippen MR) is 102 cm³/mol. The van der Waals surface area contributed by atoms with Crippen molar-refractivity contribution in [3.05, 3.63) is 81.6 Å². The summed E-state index contributed by atoms with van der Waals surface area (Å²) in [4.78, 5) is 12.2. The fourth-order valence-electron chi connectivity index (χ4n) is 2.93. The zero-order chi connectivity index (χ0) is 18.0. The standard InChI is InChI=1S/C20H18BrN3O/c1-12-7-3-4-8-14(12)19(20(22)25)18-11-16(13(2)23-24-18)15-9-5-6-10-17(15)21/h3-11,19H,1-2H3,(H2,22,25). The summed E-state index contributed by atoms with van der Waals surface area (Å²) in [6.07, 6.45) is 0. The molecule has 0 bridgehead atoms. The Morgan fingerprint density at radius 2 is 1.68 bits per heavy atom. The summed E-state index contributed by atoms with van der Waals surface area (Å²) < 4.78 is 0.962. The van der Waals surface area contributed by atoms with Crippen LogP contribution in [0.2, 0.25) is 0 Å². The number of hydrogen-bond donors (Lipinski definition) is 1. The fourth-order valence-corrected chi connectivity index (χ4v) is 3.43. The summed E-state index contributed by atoms with van der Waals surface area (Å²) >= 11 is 3.57. The van der Waals surface area contributed by atoms with Gasteiger partial charge in [0.25, 0.3) is 0 Å². The monoisotopic (exact) mass is 395 g/mol. The largest absolute Gasteiger partial charge is 0.369 e. The van der Waals surface area contributed by atoms with Crippen LogP contribution in [0.25, 0.3) is 11.1 Å². The van der Waals surface area contributed by atoms with E-state index in [1.807, 2.05) is 68.4 Å². The molecular weight excluding hydrogens is 378 g/mol. The molecule has 1 aromatic heterocycles. The number of primary amides is 1. The second kappa shape index (κ2) is 7.15. The zero-order valence-corrected chi connectivity index (χ0v) is 15.6. The molecule has 0 saturated heterocycles. The number of rotatable bonds is 4. The summed E-state index contributed by atoms with van der Waals surface area (Å²) in [7, 11) is 0. The molecule has 0 saturated carbocycles. The summed E-state index contributed by atoms with van der Waals surface area (Å²) in [5, 5.41) is 8.54. The van der Waals surface area contributed by atoms with Crippen molar-refractivity contribution < 1.29 is 4.79 Å². The molecule has 3 rings (SSSR count). The van der Waals surface area contributed by atoms with E-state index >= 15 is 0 Å². The van der Waals surface area contributed by atoms with E-state index in [4.69, 9.17) is 5.73 Å². The summed E-state index contributed by atoms with van der Waals surface area (Å²) in [5.41, 5.74) is 10.8. The van der Waals surface area contributed by atoms with E-state index in [2.05, 4.69) is 26.1 Å². The minimum atomic E-state index is -0.629. The first kappa shape index (κ1) is 17.3. The van der Waals surface area contributed by atoms with E-state index in [0.29, 0.717) is 5.69 Å². The Bertz CT molecular complexity index is 940. The Labute approximate surface area is 155 Å². The second-order valence-electron chi connectivity index (χ2n) is 5.94. The van der Waals surface area contributed by atoms with Gasteiger partial charge in [-0.25, -0.2) is 0 Å². The molecule has 0 fully saturated rings. The minimum Gasteiger partial charge on any atom is -0.369 e. The average molecular weight is 396 g/mol. The van der Waals surface area contributed by atoms with Crippen molar-refractivity contribution in [1.29, 1.82) is 0 Å². The molecule has 25 heavy (non-hydrogen) atoms. The minimum absolute atomic E-state index is 0.439. The third-order valence-corrected chi connectivity index (χ3v) is 4.93. The highest BCUT2D eigenvalue weighted by molar-refractivity contribution is 9.10. The van der Waals surface area contributed by atoms with Crippen LogP contribution in [0.4, 0.5) is 0 Å². The Hall–Kier alpha value is -2.53. The zero-order valence-electron chi connectivity index (χ0n) is 14.0. The van der Waals surface area contributed by atoms with Gasteiger partial charge in [-0.1, -0.05) is 58.4 Å². The number of hydrogen-bond acceptors (Lipinski definition) is 3. The van der Waals surface area contributed by atoms with Crippen LogP contribution in [0.3, 0.4) is 0 Å². The highest BCUT2D eigenvalue weighted by atomic mass is 79.9. The molecule has 1 atom stereocenters. The first-order valence-corrected chi connectivity index (χ1v) is 8.72. The quantitative estimate of drug-likeness (QED) is 0.721. The lowest BCUT2D eigenvalue weighted by Gasteiger charge is -2.17. The third-order valence-electron chi connectivity index (χ3n) is 4.24. The van der Waals surface area contributed by atoms with E-state index in [1.54, 1.807) is 0 Å². The first-order valence-electron chi connectivity index (χ1n) is 7.93. The van der Waals surface area contributed by atoms with E-state index in [0.717, 1.165) is 32.4 Å². The molecule has 2 N–H and O–H groups in total. The van der Waals surface area contributed by atoms with Crippen molar-refractivity contribution in [3.8, 4) is 11.1 Å². The van der Waals surface area contributed by atoms with E-state index in [1.165, 1.54) is 0 Å². The van der Waals surface area contributed by atoms with Crippen LogP contribution in [0.15, 0.2) is 59.1 Å². The number of benzene rings is 2. The van der Waals surface area contributed by atoms with E-state index < -0.39 is 11.8 Å². The van der Waals surface area contributed by atoms with Crippen LogP contribution < -0.4 is 5.73 Å². The van der Waals surface area contributed by atoms with Gasteiger partial charge in [-0.05, 0) is 42.7 Å². The number of carbonyl (C=O) groups excluding carboxylic acids is 1. The molecule has 0 aliphatic carbocycles. The van der Waals surface area contributed by atoms with Crippen molar-refractivity contribution in [2.75, 3.05) is 0 Å². The van der Waals surface area contributed by atoms with Gasteiger partial charge in [-0.2, -0.15) is 10.2 Å². The molecule has 1 amide bonds. The van der Waals surface area contributed by atoms with Crippen LogP contribution >= 0.6 is 15.9 Å². The van der Waals surface area contributed by atoms with Crippen molar-refractivity contribution >= 4 is 21.8 Å². The summed E-state index contributed by atoms with van der Waals surface area (Å²) in [6.45, 7) is 3.86. The van der Waals surface area contributed by atoms with Crippen molar-refractivity contribution in [2.24, 2.45) is 5.73 Å². The predicted octanol–water partition coefficient (Wildman–Crippen LogP) is 4.14. The lowest BCUT2D eigenvalue weighted by Crippen LogP contribution is -2.24. The molecule has 5 heteroatoms. The van der Waals surface area contributed by atoms with Crippen LogP contribution in [-0.2, 0) is 4.79 Å². The molecule has 3 aromatic rings. The van der Waals surface area contributed by atoms with E-state index in [-0.39, 0.29) is 0 Å². The molecule has 0 aliphatic rings. The number of nitrogens with two attached hydrogens (primary N) is 1. The molecule has 0 radical (unpaired) electrons. The Morgan fingerprint density at radius 1 is 1.00 bits per heavy atom. The molecule has 126 valence electrons. The summed E-state index contributed by atoms with van der Waals surface area (Å²) in [5.74, 6) is -1.07. The summed E-state index contributed by atoms with van der Waals surface area (Å²) in [6, 6.07) is 17.5. The molecule has 0 spiro atoms. The Balaban J connectivity index is 2.17. The van der Waals surface area contributed by atoms with Crippen LogP contribution in [0.1, 0.15) is 28.4 Å². The highest BCUT2D eigenvalue weighted by Gasteiger charge is 2.25. The van der Waals surface area contributed by atoms with Gasteiger partial charge in [-0.3, -0.25) is 4.79 Å². The van der Waals surface area contributed by atoms with Gasteiger partial charge < -0.3 is 5.73 Å². The number of carbonyl (C=O) groups is 1. The molecule has 4 nitrogen and oxygen atoms in total. The Kier molecular flexibility index (Phi) is 4.95. The smallest absolute Gasteiger partial charge is 0.231 e. The van der Waals surface area contributed by atoms with Gasteiger partial charge in [-0.15, -0.1) is 0 Å². The lowest BCUT2D eigenvalue weighted by atomic mass is 9.90. The molecule has 1 unspecified atom stereocenters. The van der Waals surface area contributed by atoms with Gasteiger partial charge in [0.15, 0.2) is 0 Å².